The predicted molar refractivity (Wildman–Crippen MR) is 42.9 cm³/mol. The van der Waals surface area contributed by atoms with Crippen molar-refractivity contribution in [2.75, 3.05) is 0 Å². The molecule has 0 amide bonds. The molecule has 0 heterocycles. The van der Waals surface area contributed by atoms with Crippen molar-refractivity contribution in [3.8, 4) is 0 Å². The van der Waals surface area contributed by atoms with E-state index < -0.39 is 0 Å². The highest BCUT2D eigenvalue weighted by Gasteiger charge is 2.21. The molecule has 0 fully saturated rings. The summed E-state index contributed by atoms with van der Waals surface area (Å²) >= 11 is 0. The van der Waals surface area contributed by atoms with E-state index in [2.05, 4.69) is 19.9 Å². The van der Waals surface area contributed by atoms with Gasteiger partial charge in [-0.05, 0) is 17.9 Å². The van der Waals surface area contributed by atoms with Crippen molar-refractivity contribution in [3.63, 3.8) is 0 Å². The topological polar surface area (TPSA) is 20.2 Å². The number of hydrogen-bond donors (Lipinski definition) is 1. The monoisotopic (exact) mass is 138 g/mol. The first-order valence-corrected chi connectivity index (χ1v) is 3.74. The van der Waals surface area contributed by atoms with E-state index in [1.807, 2.05) is 6.08 Å². The summed E-state index contributed by atoms with van der Waals surface area (Å²) in [5.41, 5.74) is 0.193. The lowest BCUT2D eigenvalue weighted by atomic mass is 9.81. The summed E-state index contributed by atoms with van der Waals surface area (Å²) in [4.78, 5) is 0. The molecule has 1 heteroatoms. The van der Waals surface area contributed by atoms with E-state index >= 15 is 0 Å². The molecule has 1 rings (SSSR count). The van der Waals surface area contributed by atoms with E-state index in [-0.39, 0.29) is 5.41 Å². The molecule has 0 aromatic heterocycles. The highest BCUT2D eigenvalue weighted by molar-refractivity contribution is 5.18. The lowest BCUT2D eigenvalue weighted by Crippen LogP contribution is -2.14. The van der Waals surface area contributed by atoms with Crippen LogP contribution in [0.2, 0.25) is 0 Å². The van der Waals surface area contributed by atoms with Crippen LogP contribution >= 0.6 is 0 Å². The first kappa shape index (κ1) is 7.39. The van der Waals surface area contributed by atoms with E-state index in [9.17, 15) is 5.11 Å². The average Bonchev–Trinajstić information content (AvgIpc) is 1.88. The highest BCUT2D eigenvalue weighted by Crippen LogP contribution is 2.32. The smallest absolute Gasteiger partial charge is 0.0931 e. The Kier molecular flexibility index (Phi) is 1.84. The second-order valence-corrected chi connectivity index (χ2v) is 3.20. The molecule has 0 spiro atoms. The fourth-order valence-corrected chi connectivity index (χ4v) is 1.17. The van der Waals surface area contributed by atoms with Gasteiger partial charge in [-0.2, -0.15) is 0 Å². The molecule has 0 radical (unpaired) electrons. The Morgan fingerprint density at radius 1 is 1.70 bits per heavy atom. The van der Waals surface area contributed by atoms with Crippen LogP contribution < -0.4 is 0 Å². The largest absolute Gasteiger partial charge is 0.512 e. The molecule has 0 aliphatic heterocycles. The first-order chi connectivity index (χ1) is 4.66. The minimum atomic E-state index is 0.193. The molecular weight excluding hydrogens is 124 g/mol. The Hall–Kier alpha value is -0.720. The van der Waals surface area contributed by atoms with Gasteiger partial charge in [0.25, 0.3) is 0 Å². The van der Waals surface area contributed by atoms with E-state index in [0.29, 0.717) is 5.76 Å². The van der Waals surface area contributed by atoms with Crippen molar-refractivity contribution in [2.24, 2.45) is 5.41 Å². The molecule has 1 nitrogen and oxygen atoms in total. The Morgan fingerprint density at radius 2 is 2.40 bits per heavy atom. The third kappa shape index (κ3) is 1.41. The molecule has 0 saturated carbocycles. The quantitative estimate of drug-likeness (QED) is 0.590. The summed E-state index contributed by atoms with van der Waals surface area (Å²) < 4.78 is 0. The lowest BCUT2D eigenvalue weighted by Gasteiger charge is -2.25. The zero-order chi connectivity index (χ0) is 7.61. The van der Waals surface area contributed by atoms with Crippen molar-refractivity contribution in [1.29, 1.82) is 0 Å². The molecule has 0 aromatic carbocycles. The van der Waals surface area contributed by atoms with Gasteiger partial charge >= 0.3 is 0 Å². The van der Waals surface area contributed by atoms with E-state index in [1.54, 1.807) is 6.08 Å². The van der Waals surface area contributed by atoms with Gasteiger partial charge in [-0.15, -0.1) is 0 Å². The summed E-state index contributed by atoms with van der Waals surface area (Å²) in [5.74, 6) is 0.506. The molecule has 0 aromatic rings. The molecular formula is C9H14O. The van der Waals surface area contributed by atoms with Gasteiger partial charge in [0, 0.05) is 6.42 Å². The number of aliphatic hydroxyl groups is 1. The molecule has 0 bridgehead atoms. The van der Waals surface area contributed by atoms with Gasteiger partial charge in [-0.1, -0.05) is 26.0 Å². The van der Waals surface area contributed by atoms with Crippen LogP contribution in [0, 0.1) is 5.41 Å². The van der Waals surface area contributed by atoms with Gasteiger partial charge in [0.1, 0.15) is 0 Å². The van der Waals surface area contributed by atoms with Crippen LogP contribution in [0.25, 0.3) is 0 Å². The van der Waals surface area contributed by atoms with E-state index in [4.69, 9.17) is 0 Å². The van der Waals surface area contributed by atoms with Gasteiger partial charge in [0.15, 0.2) is 0 Å². The minimum Gasteiger partial charge on any atom is -0.512 e. The first-order valence-electron chi connectivity index (χ1n) is 3.74. The van der Waals surface area contributed by atoms with Crippen molar-refractivity contribution >= 4 is 0 Å². The lowest BCUT2D eigenvalue weighted by molar-refractivity contribution is 0.300. The Morgan fingerprint density at radius 3 is 2.80 bits per heavy atom. The third-order valence-electron chi connectivity index (χ3n) is 2.18. The molecule has 1 N–H and O–H groups in total. The van der Waals surface area contributed by atoms with E-state index in [0.717, 1.165) is 12.8 Å². The summed E-state index contributed by atoms with van der Waals surface area (Å²) in [6.07, 6.45) is 7.73. The molecule has 56 valence electrons. The standard InChI is InChI=1S/C9H14O/c1-3-9(2)6-4-5-8(10)7-9/h4-6,10H,3,7H2,1-2H3. The van der Waals surface area contributed by atoms with Crippen molar-refractivity contribution < 1.29 is 5.11 Å². The van der Waals surface area contributed by atoms with Gasteiger partial charge in [0.05, 0.1) is 5.76 Å². The molecule has 1 aliphatic carbocycles. The Labute approximate surface area is 62.1 Å². The van der Waals surface area contributed by atoms with Gasteiger partial charge < -0.3 is 5.11 Å². The fourth-order valence-electron chi connectivity index (χ4n) is 1.17. The Balaban J connectivity index is 2.71. The molecule has 1 unspecified atom stereocenters. The average molecular weight is 138 g/mol. The minimum absolute atomic E-state index is 0.193. The van der Waals surface area contributed by atoms with Crippen LogP contribution in [0.5, 0.6) is 0 Å². The number of rotatable bonds is 1. The number of aliphatic hydroxyl groups excluding tert-OH is 1. The zero-order valence-electron chi connectivity index (χ0n) is 6.59. The van der Waals surface area contributed by atoms with Crippen LogP contribution in [0.3, 0.4) is 0 Å². The van der Waals surface area contributed by atoms with Crippen molar-refractivity contribution in [3.05, 3.63) is 24.0 Å². The summed E-state index contributed by atoms with van der Waals surface area (Å²) in [6, 6.07) is 0. The SMILES string of the molecule is CCC1(C)C=CC=C(O)C1. The summed E-state index contributed by atoms with van der Waals surface area (Å²) in [6.45, 7) is 4.30. The normalized spacial score (nSPS) is 32.0. The van der Waals surface area contributed by atoms with Crippen molar-refractivity contribution in [2.45, 2.75) is 26.7 Å². The molecule has 10 heavy (non-hydrogen) atoms. The van der Waals surface area contributed by atoms with Crippen LogP contribution in [-0.4, -0.2) is 5.11 Å². The van der Waals surface area contributed by atoms with Gasteiger partial charge in [-0.3, -0.25) is 0 Å². The summed E-state index contributed by atoms with van der Waals surface area (Å²) in [7, 11) is 0. The fraction of sp³-hybridized carbons (Fsp3) is 0.556. The second kappa shape index (κ2) is 2.49. The van der Waals surface area contributed by atoms with Crippen LogP contribution in [-0.2, 0) is 0 Å². The number of allylic oxidation sites excluding steroid dienone is 4. The molecule has 1 aliphatic rings. The molecule has 0 saturated heterocycles. The Bertz CT molecular complexity index is 179. The zero-order valence-corrected chi connectivity index (χ0v) is 6.59. The number of hydrogen-bond acceptors (Lipinski definition) is 1. The van der Waals surface area contributed by atoms with Crippen molar-refractivity contribution in [1.82, 2.24) is 0 Å². The maximum atomic E-state index is 9.19. The molecule has 1 atom stereocenters. The second-order valence-electron chi connectivity index (χ2n) is 3.20. The summed E-state index contributed by atoms with van der Waals surface area (Å²) in [5, 5.41) is 9.19. The third-order valence-corrected chi connectivity index (χ3v) is 2.18. The maximum Gasteiger partial charge on any atom is 0.0931 e. The maximum absolute atomic E-state index is 9.19. The predicted octanol–water partition coefficient (Wildman–Crippen LogP) is 2.80. The van der Waals surface area contributed by atoms with E-state index in [1.165, 1.54) is 0 Å². The van der Waals surface area contributed by atoms with Crippen LogP contribution in [0.4, 0.5) is 0 Å². The van der Waals surface area contributed by atoms with Crippen LogP contribution in [0.1, 0.15) is 26.7 Å². The van der Waals surface area contributed by atoms with Gasteiger partial charge in [0.2, 0.25) is 0 Å². The highest BCUT2D eigenvalue weighted by atomic mass is 16.3. The van der Waals surface area contributed by atoms with Gasteiger partial charge in [-0.25, -0.2) is 0 Å². The van der Waals surface area contributed by atoms with Crippen LogP contribution in [0.15, 0.2) is 24.0 Å².